The SMILES string of the molecule is C.CCCCC.CCCCCC.CCCCCCC. The molecule has 0 saturated carbocycles. The third kappa shape index (κ3) is 56.9. The van der Waals surface area contributed by atoms with Crippen molar-refractivity contribution in [2.75, 3.05) is 0 Å². The van der Waals surface area contributed by atoms with E-state index in [1.165, 1.54) is 77.0 Å². The van der Waals surface area contributed by atoms with Gasteiger partial charge in [0.2, 0.25) is 0 Å². The molecule has 0 fully saturated rings. The Morgan fingerprint density at radius 2 is 0.526 bits per heavy atom. The van der Waals surface area contributed by atoms with Gasteiger partial charge in [0.25, 0.3) is 0 Å². The van der Waals surface area contributed by atoms with Gasteiger partial charge in [0.05, 0.1) is 0 Å². The highest BCUT2D eigenvalue weighted by atomic mass is 13.9. The lowest BCUT2D eigenvalue weighted by molar-refractivity contribution is 0.656. The second kappa shape index (κ2) is 36.1. The summed E-state index contributed by atoms with van der Waals surface area (Å²) in [6.07, 6.45) is 16.6. The molecule has 0 atom stereocenters. The van der Waals surface area contributed by atoms with Gasteiger partial charge in [-0.25, -0.2) is 0 Å². The van der Waals surface area contributed by atoms with E-state index in [0.717, 1.165) is 0 Å². The molecule has 0 unspecified atom stereocenters. The molecular weight excluding hydrogens is 228 g/mol. The molecule has 0 aliphatic carbocycles. The zero-order valence-corrected chi connectivity index (χ0v) is 14.5. The van der Waals surface area contributed by atoms with Gasteiger partial charge in [0, 0.05) is 0 Å². The van der Waals surface area contributed by atoms with Crippen molar-refractivity contribution in [3.05, 3.63) is 0 Å². The topological polar surface area (TPSA) is 0 Å². The van der Waals surface area contributed by atoms with Crippen LogP contribution in [0.4, 0.5) is 0 Å². The lowest BCUT2D eigenvalue weighted by Gasteiger charge is -1.90. The van der Waals surface area contributed by atoms with Gasteiger partial charge >= 0.3 is 0 Å². The maximum absolute atomic E-state index is 2.25. The average Bonchev–Trinajstić information content (AvgIpc) is 2.39. The first-order chi connectivity index (χ1) is 8.74. The fourth-order valence-corrected chi connectivity index (χ4v) is 1.53. The lowest BCUT2D eigenvalue weighted by Crippen LogP contribution is -1.70. The summed E-state index contributed by atoms with van der Waals surface area (Å²) in [6.45, 7) is 13.4. The molecule has 0 aromatic carbocycles. The zero-order chi connectivity index (χ0) is 14.5. The monoisotopic (exact) mass is 274 g/mol. The highest BCUT2D eigenvalue weighted by molar-refractivity contribution is 4.36. The van der Waals surface area contributed by atoms with Gasteiger partial charge < -0.3 is 0 Å². The molecule has 122 valence electrons. The molecular formula is C19H46. The van der Waals surface area contributed by atoms with Gasteiger partial charge in [-0.15, -0.1) is 0 Å². The summed E-state index contributed by atoms with van der Waals surface area (Å²) in [5, 5.41) is 0. The summed E-state index contributed by atoms with van der Waals surface area (Å²) in [6, 6.07) is 0. The van der Waals surface area contributed by atoms with E-state index < -0.39 is 0 Å². The normalized spacial score (nSPS) is 8.53. The molecule has 0 aromatic rings. The van der Waals surface area contributed by atoms with Crippen LogP contribution in [0.5, 0.6) is 0 Å². The molecule has 0 heterocycles. The fraction of sp³-hybridized carbons (Fsp3) is 1.00. The van der Waals surface area contributed by atoms with Gasteiger partial charge in [-0.05, 0) is 0 Å². The molecule has 0 amide bonds. The fourth-order valence-electron chi connectivity index (χ4n) is 1.53. The minimum absolute atomic E-state index is 0. The molecule has 0 bridgehead atoms. The van der Waals surface area contributed by atoms with E-state index >= 15 is 0 Å². The average molecular weight is 275 g/mol. The molecule has 0 spiro atoms. The van der Waals surface area contributed by atoms with E-state index in [4.69, 9.17) is 0 Å². The molecule has 0 radical (unpaired) electrons. The first-order valence-corrected chi connectivity index (χ1v) is 8.74. The molecule has 0 rings (SSSR count). The molecule has 0 aliphatic rings. The van der Waals surface area contributed by atoms with E-state index in [1.807, 2.05) is 0 Å². The van der Waals surface area contributed by atoms with E-state index in [9.17, 15) is 0 Å². The Morgan fingerprint density at radius 3 is 0.684 bits per heavy atom. The van der Waals surface area contributed by atoms with Gasteiger partial charge in [0.1, 0.15) is 0 Å². The van der Waals surface area contributed by atoms with Crippen LogP contribution in [-0.2, 0) is 0 Å². The molecule has 0 aromatic heterocycles. The number of rotatable bonds is 9. The van der Waals surface area contributed by atoms with E-state index in [0.29, 0.717) is 0 Å². The Bertz CT molecular complexity index is 76.0. The van der Waals surface area contributed by atoms with Crippen molar-refractivity contribution >= 4 is 0 Å². The molecule has 0 aliphatic heterocycles. The standard InChI is InChI=1S/C7H16.C6H14.C5H12.CH4/c1-3-5-7-6-4-2;1-3-5-6-4-2;1-3-5-4-2;/h3-7H2,1-2H3;3-6H2,1-2H3;3-5H2,1-2H3;1H4. The van der Waals surface area contributed by atoms with Crippen molar-refractivity contribution in [1.29, 1.82) is 0 Å². The largest absolute Gasteiger partial charge is 0.0776 e. The van der Waals surface area contributed by atoms with Gasteiger partial charge in [-0.3, -0.25) is 0 Å². The summed E-state index contributed by atoms with van der Waals surface area (Å²) in [7, 11) is 0. The first-order valence-electron chi connectivity index (χ1n) is 8.74. The Labute approximate surface area is 126 Å². The number of unbranched alkanes of at least 4 members (excludes halogenated alkanes) is 9. The predicted molar refractivity (Wildman–Crippen MR) is 96.2 cm³/mol. The Kier molecular flexibility index (Phi) is 52.0. The maximum Gasteiger partial charge on any atom is -0.0533 e. The van der Waals surface area contributed by atoms with Crippen LogP contribution in [0.15, 0.2) is 0 Å². The molecule has 0 heteroatoms. The summed E-state index contributed by atoms with van der Waals surface area (Å²) in [5.74, 6) is 0. The first kappa shape index (κ1) is 27.4. The number of hydrogen-bond donors (Lipinski definition) is 0. The van der Waals surface area contributed by atoms with Crippen molar-refractivity contribution in [3.63, 3.8) is 0 Å². The van der Waals surface area contributed by atoms with E-state index in [2.05, 4.69) is 41.5 Å². The Hall–Kier alpha value is 0. The Balaban J connectivity index is -0.0000000878. The number of hydrogen-bond acceptors (Lipinski definition) is 0. The van der Waals surface area contributed by atoms with Crippen molar-refractivity contribution in [2.24, 2.45) is 0 Å². The summed E-state index contributed by atoms with van der Waals surface area (Å²) >= 11 is 0. The molecule has 0 nitrogen and oxygen atoms in total. The minimum Gasteiger partial charge on any atom is -0.0776 e. The van der Waals surface area contributed by atoms with Crippen molar-refractivity contribution in [2.45, 2.75) is 126 Å². The van der Waals surface area contributed by atoms with Crippen LogP contribution < -0.4 is 0 Å². The summed E-state index contributed by atoms with van der Waals surface area (Å²) in [5.41, 5.74) is 0. The van der Waals surface area contributed by atoms with Crippen LogP contribution in [0, 0.1) is 0 Å². The maximum atomic E-state index is 2.25. The molecule has 19 heavy (non-hydrogen) atoms. The van der Waals surface area contributed by atoms with Crippen LogP contribution in [0.3, 0.4) is 0 Å². The van der Waals surface area contributed by atoms with Crippen molar-refractivity contribution in [1.82, 2.24) is 0 Å². The smallest absolute Gasteiger partial charge is 0.0533 e. The third-order valence-electron chi connectivity index (χ3n) is 2.87. The van der Waals surface area contributed by atoms with Crippen LogP contribution >= 0.6 is 0 Å². The van der Waals surface area contributed by atoms with Gasteiger partial charge in [-0.2, -0.15) is 0 Å². The minimum atomic E-state index is 0. The van der Waals surface area contributed by atoms with Gasteiger partial charge in [0.15, 0.2) is 0 Å². The molecule has 0 saturated heterocycles. The Morgan fingerprint density at radius 1 is 0.316 bits per heavy atom. The van der Waals surface area contributed by atoms with E-state index in [1.54, 1.807) is 0 Å². The van der Waals surface area contributed by atoms with Crippen LogP contribution in [-0.4, -0.2) is 0 Å². The van der Waals surface area contributed by atoms with E-state index in [-0.39, 0.29) is 7.43 Å². The lowest BCUT2D eigenvalue weighted by atomic mass is 10.2. The van der Waals surface area contributed by atoms with Crippen molar-refractivity contribution < 1.29 is 0 Å². The summed E-state index contributed by atoms with van der Waals surface area (Å²) < 4.78 is 0. The molecule has 0 N–H and O–H groups in total. The highest BCUT2D eigenvalue weighted by Crippen LogP contribution is 2.00. The van der Waals surface area contributed by atoms with Crippen molar-refractivity contribution in [3.8, 4) is 0 Å². The highest BCUT2D eigenvalue weighted by Gasteiger charge is 1.80. The second-order valence-electron chi connectivity index (χ2n) is 5.12. The van der Waals surface area contributed by atoms with Crippen LogP contribution in [0.2, 0.25) is 0 Å². The zero-order valence-electron chi connectivity index (χ0n) is 14.5. The van der Waals surface area contributed by atoms with Crippen LogP contribution in [0.1, 0.15) is 126 Å². The predicted octanol–water partition coefficient (Wildman–Crippen LogP) is 8.40. The van der Waals surface area contributed by atoms with Gasteiger partial charge in [-0.1, -0.05) is 126 Å². The summed E-state index contributed by atoms with van der Waals surface area (Å²) in [4.78, 5) is 0. The quantitative estimate of drug-likeness (QED) is 0.370. The second-order valence-corrected chi connectivity index (χ2v) is 5.12. The third-order valence-corrected chi connectivity index (χ3v) is 2.87. The van der Waals surface area contributed by atoms with Crippen LogP contribution in [0.25, 0.3) is 0 Å².